The van der Waals surface area contributed by atoms with Crippen LogP contribution in [0.15, 0.2) is 41.3 Å². The van der Waals surface area contributed by atoms with E-state index in [0.29, 0.717) is 42.5 Å². The van der Waals surface area contributed by atoms with Crippen LogP contribution in [0.3, 0.4) is 0 Å². The Kier molecular flexibility index (Phi) is 5.46. The Morgan fingerprint density at radius 2 is 2.28 bits per heavy atom. The predicted octanol–water partition coefficient (Wildman–Crippen LogP) is 2.77. The van der Waals surface area contributed by atoms with Crippen LogP contribution in [0.2, 0.25) is 0 Å². The lowest BCUT2D eigenvalue weighted by atomic mass is 9.94. The van der Waals surface area contributed by atoms with Crippen molar-refractivity contribution in [1.29, 1.82) is 0 Å². The van der Waals surface area contributed by atoms with Gasteiger partial charge < -0.3 is 14.2 Å². The average Bonchev–Trinajstić information content (AvgIpc) is 3.22. The van der Waals surface area contributed by atoms with Gasteiger partial charge in [0.2, 0.25) is 11.7 Å². The molecular formula is C20H20FN5O3. The highest BCUT2D eigenvalue weighted by Crippen LogP contribution is 2.24. The molecule has 0 saturated carbocycles. The SMILES string of the molecule is COc1ccc(C(=O)N2CCC[C@@H](Cc3nc(-c4cnccn4)no3)C2)cc1F. The molecule has 9 heteroatoms. The van der Waals surface area contributed by atoms with E-state index in [1.807, 2.05) is 0 Å². The molecule has 29 heavy (non-hydrogen) atoms. The minimum absolute atomic E-state index is 0.119. The zero-order chi connectivity index (χ0) is 20.2. The van der Waals surface area contributed by atoms with Crippen molar-refractivity contribution in [2.75, 3.05) is 20.2 Å². The maximum absolute atomic E-state index is 14.0. The van der Waals surface area contributed by atoms with E-state index in [0.717, 1.165) is 12.8 Å². The Hall–Kier alpha value is -3.36. The highest BCUT2D eigenvalue weighted by atomic mass is 19.1. The van der Waals surface area contributed by atoms with Gasteiger partial charge in [-0.2, -0.15) is 4.98 Å². The Morgan fingerprint density at radius 1 is 1.38 bits per heavy atom. The first kappa shape index (κ1) is 19.0. The second kappa shape index (κ2) is 8.34. The molecule has 1 atom stereocenters. The molecule has 150 valence electrons. The highest BCUT2D eigenvalue weighted by molar-refractivity contribution is 5.94. The zero-order valence-corrected chi connectivity index (χ0v) is 15.9. The van der Waals surface area contributed by atoms with Crippen LogP contribution in [0.1, 0.15) is 29.1 Å². The fourth-order valence-electron chi connectivity index (χ4n) is 3.50. The van der Waals surface area contributed by atoms with Gasteiger partial charge in [-0.25, -0.2) is 9.37 Å². The third-order valence-electron chi connectivity index (χ3n) is 4.93. The van der Waals surface area contributed by atoms with Crippen molar-refractivity contribution in [3.8, 4) is 17.3 Å². The van der Waals surface area contributed by atoms with Crippen molar-refractivity contribution in [1.82, 2.24) is 25.0 Å². The van der Waals surface area contributed by atoms with E-state index in [2.05, 4.69) is 20.1 Å². The number of aromatic nitrogens is 4. The van der Waals surface area contributed by atoms with Crippen LogP contribution in [0, 0.1) is 11.7 Å². The lowest BCUT2D eigenvalue weighted by molar-refractivity contribution is 0.0667. The molecular weight excluding hydrogens is 377 g/mol. The van der Waals surface area contributed by atoms with Crippen molar-refractivity contribution in [2.45, 2.75) is 19.3 Å². The average molecular weight is 397 g/mol. The number of likely N-dealkylation sites (tertiary alicyclic amines) is 1. The van der Waals surface area contributed by atoms with E-state index in [-0.39, 0.29) is 17.6 Å². The molecule has 1 aromatic carbocycles. The maximum atomic E-state index is 14.0. The van der Waals surface area contributed by atoms with Gasteiger partial charge in [-0.05, 0) is 37.0 Å². The minimum Gasteiger partial charge on any atom is -0.494 e. The zero-order valence-electron chi connectivity index (χ0n) is 15.9. The topological polar surface area (TPSA) is 94.2 Å². The molecule has 1 fully saturated rings. The van der Waals surface area contributed by atoms with E-state index < -0.39 is 5.82 Å². The minimum atomic E-state index is -0.547. The maximum Gasteiger partial charge on any atom is 0.253 e. The molecule has 1 aliphatic heterocycles. The number of ether oxygens (including phenoxy) is 1. The number of nitrogens with zero attached hydrogens (tertiary/aromatic N) is 5. The van der Waals surface area contributed by atoms with Gasteiger partial charge in [0, 0.05) is 37.5 Å². The number of piperidine rings is 1. The number of benzene rings is 1. The molecule has 0 N–H and O–H groups in total. The third-order valence-corrected chi connectivity index (χ3v) is 4.93. The first-order valence-electron chi connectivity index (χ1n) is 9.36. The second-order valence-electron chi connectivity index (χ2n) is 6.92. The van der Waals surface area contributed by atoms with Crippen LogP contribution >= 0.6 is 0 Å². The first-order valence-corrected chi connectivity index (χ1v) is 9.36. The summed E-state index contributed by atoms with van der Waals surface area (Å²) >= 11 is 0. The Labute approximate surface area is 166 Å². The largest absolute Gasteiger partial charge is 0.494 e. The van der Waals surface area contributed by atoms with Crippen molar-refractivity contribution in [3.05, 3.63) is 54.1 Å². The summed E-state index contributed by atoms with van der Waals surface area (Å²) in [5, 5.41) is 3.96. The lowest BCUT2D eigenvalue weighted by Crippen LogP contribution is -2.40. The van der Waals surface area contributed by atoms with E-state index >= 15 is 0 Å². The van der Waals surface area contributed by atoms with Crippen LogP contribution in [-0.4, -0.2) is 51.1 Å². The van der Waals surface area contributed by atoms with E-state index in [9.17, 15) is 9.18 Å². The fraction of sp³-hybridized carbons (Fsp3) is 0.350. The molecule has 1 saturated heterocycles. The van der Waals surface area contributed by atoms with Gasteiger partial charge in [-0.1, -0.05) is 5.16 Å². The van der Waals surface area contributed by atoms with Crippen molar-refractivity contribution < 1.29 is 18.4 Å². The van der Waals surface area contributed by atoms with Crippen molar-refractivity contribution >= 4 is 5.91 Å². The molecule has 0 unspecified atom stereocenters. The lowest BCUT2D eigenvalue weighted by Gasteiger charge is -2.32. The van der Waals surface area contributed by atoms with Gasteiger partial charge in [-0.15, -0.1) is 0 Å². The van der Waals surface area contributed by atoms with Gasteiger partial charge in [0.25, 0.3) is 5.91 Å². The molecule has 0 aliphatic carbocycles. The van der Waals surface area contributed by atoms with Crippen molar-refractivity contribution in [2.24, 2.45) is 5.92 Å². The number of halogens is 1. The van der Waals surface area contributed by atoms with E-state index in [1.165, 1.54) is 19.2 Å². The summed E-state index contributed by atoms with van der Waals surface area (Å²) in [6.45, 7) is 1.19. The molecule has 1 aliphatic rings. The molecule has 8 nitrogen and oxygen atoms in total. The number of hydrogen-bond acceptors (Lipinski definition) is 7. The van der Waals surface area contributed by atoms with Gasteiger partial charge in [0.1, 0.15) is 5.69 Å². The summed E-state index contributed by atoms with van der Waals surface area (Å²) in [5.41, 5.74) is 0.858. The molecule has 0 bridgehead atoms. The molecule has 0 radical (unpaired) electrons. The Morgan fingerprint density at radius 3 is 3.03 bits per heavy atom. The molecule has 4 rings (SSSR count). The second-order valence-corrected chi connectivity index (χ2v) is 6.92. The molecule has 3 heterocycles. The number of rotatable bonds is 5. The summed E-state index contributed by atoms with van der Waals surface area (Å²) in [7, 11) is 1.39. The number of amides is 1. The summed E-state index contributed by atoms with van der Waals surface area (Å²) in [5.74, 6) is 0.460. The first-order chi connectivity index (χ1) is 14.1. The van der Waals surface area contributed by atoms with Gasteiger partial charge in [0.05, 0.1) is 13.3 Å². The smallest absolute Gasteiger partial charge is 0.253 e. The summed E-state index contributed by atoms with van der Waals surface area (Å²) in [6.07, 6.45) is 7.09. The van der Waals surface area contributed by atoms with E-state index in [1.54, 1.807) is 29.6 Å². The van der Waals surface area contributed by atoms with E-state index in [4.69, 9.17) is 9.26 Å². The van der Waals surface area contributed by atoms with Crippen molar-refractivity contribution in [3.63, 3.8) is 0 Å². The molecule has 3 aromatic rings. The monoisotopic (exact) mass is 397 g/mol. The molecule has 0 spiro atoms. The Bertz CT molecular complexity index is 995. The van der Waals surface area contributed by atoms with Crippen LogP contribution in [0.4, 0.5) is 4.39 Å². The van der Waals surface area contributed by atoms with Crippen LogP contribution in [0.5, 0.6) is 5.75 Å². The molecule has 1 amide bonds. The van der Waals surface area contributed by atoms with Crippen LogP contribution < -0.4 is 4.74 Å². The number of carbonyl (C=O) groups excluding carboxylic acids is 1. The fourth-order valence-corrected chi connectivity index (χ4v) is 3.50. The van der Waals surface area contributed by atoms with Gasteiger partial charge in [-0.3, -0.25) is 9.78 Å². The Balaban J connectivity index is 1.41. The van der Waals surface area contributed by atoms with Crippen LogP contribution in [-0.2, 0) is 6.42 Å². The number of carbonyl (C=O) groups is 1. The standard InChI is InChI=1S/C20H20FN5O3/c1-28-17-5-4-14(10-15(17)21)20(27)26-8-2-3-13(12-26)9-18-24-19(25-29-18)16-11-22-6-7-23-16/h4-7,10-11,13H,2-3,8-9,12H2,1H3/t13-/m0/s1. The van der Waals surface area contributed by atoms with Gasteiger partial charge >= 0.3 is 0 Å². The highest BCUT2D eigenvalue weighted by Gasteiger charge is 2.27. The predicted molar refractivity (Wildman–Crippen MR) is 101 cm³/mol. The third kappa shape index (κ3) is 4.23. The quantitative estimate of drug-likeness (QED) is 0.653. The van der Waals surface area contributed by atoms with Crippen LogP contribution in [0.25, 0.3) is 11.5 Å². The normalized spacial score (nSPS) is 16.6. The number of hydrogen-bond donors (Lipinski definition) is 0. The molecule has 2 aromatic heterocycles. The summed E-state index contributed by atoms with van der Waals surface area (Å²) in [4.78, 5) is 27.1. The summed E-state index contributed by atoms with van der Waals surface area (Å²) in [6, 6.07) is 4.27. The van der Waals surface area contributed by atoms with Gasteiger partial charge in [0.15, 0.2) is 11.6 Å². The summed E-state index contributed by atoms with van der Waals surface area (Å²) < 4.78 is 24.2. The number of methoxy groups -OCH3 is 1.